The minimum absolute atomic E-state index is 0.0728. The molecule has 0 saturated carbocycles. The first-order valence-corrected chi connectivity index (χ1v) is 6.01. The maximum absolute atomic E-state index is 10.5. The van der Waals surface area contributed by atoms with E-state index in [0.717, 1.165) is 12.8 Å². The number of rotatable bonds is 6. The topological polar surface area (TPSA) is 46.5 Å². The van der Waals surface area contributed by atoms with Crippen LogP contribution in [0.3, 0.4) is 0 Å². The minimum atomic E-state index is -0.810. The summed E-state index contributed by atoms with van der Waals surface area (Å²) in [7, 11) is 1.55. The van der Waals surface area contributed by atoms with E-state index < -0.39 is 5.97 Å². The molecule has 3 nitrogen and oxygen atoms in total. The molecule has 0 aliphatic heterocycles. The molecule has 0 amide bonds. The number of hydrogen-bond acceptors (Lipinski definition) is 2. The summed E-state index contributed by atoms with van der Waals surface area (Å²) in [6.45, 7) is 4.00. The molecule has 1 aromatic rings. The van der Waals surface area contributed by atoms with Gasteiger partial charge in [-0.05, 0) is 18.4 Å². The molecule has 1 atom stereocenters. The van der Waals surface area contributed by atoms with E-state index in [2.05, 4.69) is 0 Å². The Morgan fingerprint density at radius 3 is 2.35 bits per heavy atom. The van der Waals surface area contributed by atoms with E-state index in [1.807, 2.05) is 44.2 Å². The fourth-order valence-corrected chi connectivity index (χ4v) is 1.47. The lowest BCUT2D eigenvalue weighted by atomic mass is 10.1. The Bertz CT molecular complexity index is 296. The molecule has 0 aromatic heterocycles. The van der Waals surface area contributed by atoms with Gasteiger partial charge in [0, 0.05) is 7.11 Å². The molecule has 0 aliphatic rings. The number of benzene rings is 1. The Hall–Kier alpha value is -1.35. The summed E-state index contributed by atoms with van der Waals surface area (Å²) >= 11 is 0. The summed E-state index contributed by atoms with van der Waals surface area (Å²) in [5.74, 6) is -0.810. The van der Waals surface area contributed by atoms with E-state index in [9.17, 15) is 4.79 Å². The highest BCUT2D eigenvalue weighted by Gasteiger charge is 2.11. The van der Waals surface area contributed by atoms with Crippen LogP contribution in [0.1, 0.15) is 32.3 Å². The molecular formula is C14H22O3. The molecule has 0 saturated heterocycles. The molecule has 17 heavy (non-hydrogen) atoms. The van der Waals surface area contributed by atoms with Crippen LogP contribution in [0.2, 0.25) is 0 Å². The fraction of sp³-hybridized carbons (Fsp3) is 0.500. The monoisotopic (exact) mass is 238 g/mol. The summed E-state index contributed by atoms with van der Waals surface area (Å²) in [5, 5.41) is 8.63. The Balaban J connectivity index is 0.00000121. The molecular weight excluding hydrogens is 216 g/mol. The van der Waals surface area contributed by atoms with Crippen molar-refractivity contribution in [1.29, 1.82) is 0 Å². The van der Waals surface area contributed by atoms with Crippen molar-refractivity contribution in [3.8, 4) is 0 Å². The molecule has 96 valence electrons. The smallest absolute Gasteiger partial charge is 0.305 e. The van der Waals surface area contributed by atoms with Crippen molar-refractivity contribution in [2.24, 2.45) is 0 Å². The summed E-state index contributed by atoms with van der Waals surface area (Å²) in [6.07, 6.45) is 1.48. The second-order valence-corrected chi connectivity index (χ2v) is 3.48. The quantitative estimate of drug-likeness (QED) is 0.828. The molecule has 1 N–H and O–H groups in total. The Labute approximate surface area is 103 Å². The number of hydrogen-bond donors (Lipinski definition) is 1. The number of ether oxygens (including phenoxy) is 1. The Morgan fingerprint density at radius 2 is 1.88 bits per heavy atom. The highest BCUT2D eigenvalue weighted by atomic mass is 16.5. The van der Waals surface area contributed by atoms with Crippen molar-refractivity contribution < 1.29 is 14.6 Å². The number of methoxy groups -OCH3 is 1. The second kappa shape index (κ2) is 9.85. The zero-order chi connectivity index (χ0) is 13.1. The van der Waals surface area contributed by atoms with Gasteiger partial charge in [0.25, 0.3) is 0 Å². The predicted molar refractivity (Wildman–Crippen MR) is 69.2 cm³/mol. The van der Waals surface area contributed by atoms with Crippen LogP contribution in [0.4, 0.5) is 0 Å². The summed E-state index contributed by atoms with van der Waals surface area (Å²) in [4.78, 5) is 10.5. The van der Waals surface area contributed by atoms with Gasteiger partial charge in [0.15, 0.2) is 0 Å². The van der Waals surface area contributed by atoms with E-state index in [1.165, 1.54) is 5.56 Å². The normalized spacial score (nSPS) is 11.2. The number of carboxylic acid groups (broad SMARTS) is 1. The van der Waals surface area contributed by atoms with Crippen molar-refractivity contribution in [2.45, 2.75) is 39.2 Å². The van der Waals surface area contributed by atoms with E-state index in [1.54, 1.807) is 7.11 Å². The molecule has 0 radical (unpaired) electrons. The zero-order valence-corrected chi connectivity index (χ0v) is 10.8. The summed E-state index contributed by atoms with van der Waals surface area (Å²) in [5.41, 5.74) is 1.21. The average molecular weight is 238 g/mol. The van der Waals surface area contributed by atoms with Gasteiger partial charge in [-0.15, -0.1) is 0 Å². The van der Waals surface area contributed by atoms with Crippen LogP contribution in [0.25, 0.3) is 0 Å². The van der Waals surface area contributed by atoms with Gasteiger partial charge in [-0.25, -0.2) is 0 Å². The van der Waals surface area contributed by atoms with Crippen LogP contribution >= 0.6 is 0 Å². The largest absolute Gasteiger partial charge is 0.481 e. The van der Waals surface area contributed by atoms with E-state index in [-0.39, 0.29) is 12.5 Å². The van der Waals surface area contributed by atoms with Gasteiger partial charge in [-0.3, -0.25) is 4.79 Å². The lowest BCUT2D eigenvalue weighted by molar-refractivity contribution is -0.139. The third-order valence-electron chi connectivity index (χ3n) is 2.33. The SMILES string of the molecule is CC.COC(CCc1ccccc1)CC(=O)O. The third kappa shape index (κ3) is 7.53. The van der Waals surface area contributed by atoms with E-state index in [4.69, 9.17) is 9.84 Å². The number of carbonyl (C=O) groups is 1. The van der Waals surface area contributed by atoms with Crippen LogP contribution in [0.15, 0.2) is 30.3 Å². The van der Waals surface area contributed by atoms with Crippen molar-refractivity contribution in [2.75, 3.05) is 7.11 Å². The van der Waals surface area contributed by atoms with Crippen LogP contribution < -0.4 is 0 Å². The molecule has 0 aliphatic carbocycles. The summed E-state index contributed by atoms with van der Waals surface area (Å²) < 4.78 is 5.10. The average Bonchev–Trinajstić information content (AvgIpc) is 2.37. The number of aryl methyl sites for hydroxylation is 1. The maximum Gasteiger partial charge on any atom is 0.305 e. The maximum atomic E-state index is 10.5. The van der Waals surface area contributed by atoms with E-state index >= 15 is 0 Å². The van der Waals surface area contributed by atoms with Gasteiger partial charge in [0.2, 0.25) is 0 Å². The Kier molecular flexibility index (Phi) is 9.06. The lowest BCUT2D eigenvalue weighted by Gasteiger charge is -2.12. The first-order chi connectivity index (χ1) is 8.22. The van der Waals surface area contributed by atoms with E-state index in [0.29, 0.717) is 0 Å². The van der Waals surface area contributed by atoms with Gasteiger partial charge in [0.05, 0.1) is 12.5 Å². The zero-order valence-electron chi connectivity index (χ0n) is 10.8. The van der Waals surface area contributed by atoms with Crippen molar-refractivity contribution in [3.63, 3.8) is 0 Å². The molecule has 1 aromatic carbocycles. The van der Waals surface area contributed by atoms with Gasteiger partial charge in [-0.1, -0.05) is 44.2 Å². The number of aliphatic carboxylic acids is 1. The summed E-state index contributed by atoms with van der Waals surface area (Å²) in [6, 6.07) is 10.00. The first kappa shape index (κ1) is 15.7. The van der Waals surface area contributed by atoms with Crippen LogP contribution in [-0.2, 0) is 16.0 Å². The van der Waals surface area contributed by atoms with Crippen LogP contribution in [0.5, 0.6) is 0 Å². The number of carboxylic acids is 1. The molecule has 0 fully saturated rings. The molecule has 0 heterocycles. The van der Waals surface area contributed by atoms with Gasteiger partial charge < -0.3 is 9.84 Å². The fourth-order valence-electron chi connectivity index (χ4n) is 1.47. The van der Waals surface area contributed by atoms with Crippen molar-refractivity contribution in [3.05, 3.63) is 35.9 Å². The highest BCUT2D eigenvalue weighted by molar-refractivity contribution is 5.67. The molecule has 3 heteroatoms. The second-order valence-electron chi connectivity index (χ2n) is 3.48. The Morgan fingerprint density at radius 1 is 1.29 bits per heavy atom. The van der Waals surface area contributed by atoms with Gasteiger partial charge >= 0.3 is 5.97 Å². The lowest BCUT2D eigenvalue weighted by Crippen LogP contribution is -2.16. The van der Waals surface area contributed by atoms with Gasteiger partial charge in [0.1, 0.15) is 0 Å². The minimum Gasteiger partial charge on any atom is -0.481 e. The predicted octanol–water partition coefficient (Wildman–Crippen LogP) is 3.14. The van der Waals surface area contributed by atoms with Crippen LogP contribution in [-0.4, -0.2) is 24.3 Å². The van der Waals surface area contributed by atoms with Gasteiger partial charge in [-0.2, -0.15) is 0 Å². The van der Waals surface area contributed by atoms with Crippen molar-refractivity contribution >= 4 is 5.97 Å². The third-order valence-corrected chi connectivity index (χ3v) is 2.33. The van der Waals surface area contributed by atoms with Crippen LogP contribution in [0, 0.1) is 0 Å². The molecule has 0 bridgehead atoms. The molecule has 1 unspecified atom stereocenters. The molecule has 1 rings (SSSR count). The highest BCUT2D eigenvalue weighted by Crippen LogP contribution is 2.09. The standard InChI is InChI=1S/C12H16O3.C2H6/c1-15-11(9-12(13)14)8-7-10-5-3-2-4-6-10;1-2/h2-6,11H,7-9H2,1H3,(H,13,14);1-2H3. The molecule has 0 spiro atoms. The first-order valence-electron chi connectivity index (χ1n) is 6.01. The van der Waals surface area contributed by atoms with Crippen molar-refractivity contribution in [1.82, 2.24) is 0 Å².